The Labute approximate surface area is 110 Å². The van der Waals surface area contributed by atoms with Crippen LogP contribution in [0, 0.1) is 6.92 Å². The largest absolute Gasteiger partial charge is 0.462 e. The molecule has 98 valence electrons. The first-order valence-corrected chi connectivity index (χ1v) is 5.89. The average Bonchev–Trinajstić information content (AvgIpc) is 2.42. The summed E-state index contributed by atoms with van der Waals surface area (Å²) in [5.74, 6) is 0.714. The fourth-order valence-electron chi connectivity index (χ4n) is 1.44. The van der Waals surface area contributed by atoms with Crippen molar-refractivity contribution in [3.8, 4) is 0 Å². The molecule has 0 saturated heterocycles. The molecular formula is C13H14N4O2. The topological polar surface area (TPSA) is 77.0 Å². The summed E-state index contributed by atoms with van der Waals surface area (Å²) in [6.07, 6.45) is 1.54. The van der Waals surface area contributed by atoms with E-state index in [4.69, 9.17) is 4.74 Å². The second kappa shape index (κ2) is 5.90. The number of hydrogen-bond donors (Lipinski definition) is 1. The van der Waals surface area contributed by atoms with E-state index in [1.54, 1.807) is 25.1 Å². The fraction of sp³-hybridized carbons (Fsp3) is 0.231. The number of aromatic nitrogens is 3. The number of aryl methyl sites for hydroxylation is 1. The second-order valence-electron chi connectivity index (χ2n) is 3.84. The van der Waals surface area contributed by atoms with Crippen LogP contribution in [0.15, 0.2) is 30.5 Å². The Morgan fingerprint density at radius 3 is 2.79 bits per heavy atom. The van der Waals surface area contributed by atoms with Gasteiger partial charge in [-0.05, 0) is 38.1 Å². The van der Waals surface area contributed by atoms with Crippen molar-refractivity contribution in [1.29, 1.82) is 0 Å². The summed E-state index contributed by atoms with van der Waals surface area (Å²) in [5, 5.41) is 10.9. The van der Waals surface area contributed by atoms with Gasteiger partial charge in [0.25, 0.3) is 0 Å². The first-order valence-electron chi connectivity index (χ1n) is 5.89. The smallest absolute Gasteiger partial charge is 0.338 e. The number of anilines is 2. The lowest BCUT2D eigenvalue weighted by Crippen LogP contribution is -2.06. The summed E-state index contributed by atoms with van der Waals surface area (Å²) < 4.78 is 4.93. The molecule has 0 amide bonds. The Bertz CT molecular complexity index is 569. The molecule has 0 unspecified atom stereocenters. The maximum Gasteiger partial charge on any atom is 0.338 e. The molecule has 0 fully saturated rings. The van der Waals surface area contributed by atoms with E-state index in [0.717, 1.165) is 5.69 Å². The normalized spacial score (nSPS) is 10.0. The van der Waals surface area contributed by atoms with Gasteiger partial charge in [0.2, 0.25) is 0 Å². The standard InChI is InChI=1S/C13H14N4O2/c1-3-19-13(18)10-6-7-14-12(8-10)15-11-5-4-9(2)16-17-11/h4-8H,3H2,1-2H3,(H,14,15,17). The molecule has 2 aromatic heterocycles. The zero-order valence-electron chi connectivity index (χ0n) is 10.8. The van der Waals surface area contributed by atoms with Crippen LogP contribution in [0.1, 0.15) is 23.0 Å². The van der Waals surface area contributed by atoms with E-state index in [9.17, 15) is 4.79 Å². The third-order valence-electron chi connectivity index (χ3n) is 2.33. The van der Waals surface area contributed by atoms with Gasteiger partial charge in [0.15, 0.2) is 5.82 Å². The van der Waals surface area contributed by atoms with E-state index in [2.05, 4.69) is 20.5 Å². The molecule has 0 aromatic carbocycles. The summed E-state index contributed by atoms with van der Waals surface area (Å²) in [6, 6.07) is 6.84. The maximum absolute atomic E-state index is 11.6. The molecule has 0 spiro atoms. The second-order valence-corrected chi connectivity index (χ2v) is 3.84. The van der Waals surface area contributed by atoms with Crippen LogP contribution >= 0.6 is 0 Å². The van der Waals surface area contributed by atoms with E-state index in [1.807, 2.05) is 13.0 Å². The molecule has 0 aliphatic carbocycles. The highest BCUT2D eigenvalue weighted by Crippen LogP contribution is 2.13. The Hall–Kier alpha value is -2.50. The van der Waals surface area contributed by atoms with Crippen molar-refractivity contribution in [3.63, 3.8) is 0 Å². The summed E-state index contributed by atoms with van der Waals surface area (Å²) in [7, 11) is 0. The molecule has 2 rings (SSSR count). The molecule has 0 aliphatic rings. The highest BCUT2D eigenvalue weighted by molar-refractivity contribution is 5.90. The van der Waals surface area contributed by atoms with Crippen LogP contribution in [0.3, 0.4) is 0 Å². The van der Waals surface area contributed by atoms with E-state index in [-0.39, 0.29) is 5.97 Å². The van der Waals surface area contributed by atoms with Crippen LogP contribution in [0.4, 0.5) is 11.6 Å². The third-order valence-corrected chi connectivity index (χ3v) is 2.33. The number of pyridine rings is 1. The fourth-order valence-corrected chi connectivity index (χ4v) is 1.44. The SMILES string of the molecule is CCOC(=O)c1ccnc(Nc2ccc(C)nn2)c1. The lowest BCUT2D eigenvalue weighted by molar-refractivity contribution is 0.0526. The van der Waals surface area contributed by atoms with Crippen molar-refractivity contribution in [1.82, 2.24) is 15.2 Å². The van der Waals surface area contributed by atoms with Crippen molar-refractivity contribution in [3.05, 3.63) is 41.7 Å². The number of ether oxygens (including phenoxy) is 1. The molecule has 2 aromatic rings. The van der Waals surface area contributed by atoms with Crippen LogP contribution in [0.5, 0.6) is 0 Å². The van der Waals surface area contributed by atoms with Crippen molar-refractivity contribution < 1.29 is 9.53 Å². The Morgan fingerprint density at radius 1 is 1.26 bits per heavy atom. The van der Waals surface area contributed by atoms with Gasteiger partial charge in [-0.3, -0.25) is 0 Å². The minimum Gasteiger partial charge on any atom is -0.462 e. The summed E-state index contributed by atoms with van der Waals surface area (Å²) in [5.41, 5.74) is 1.28. The van der Waals surface area contributed by atoms with E-state index in [0.29, 0.717) is 23.8 Å². The molecular weight excluding hydrogens is 244 g/mol. The highest BCUT2D eigenvalue weighted by atomic mass is 16.5. The van der Waals surface area contributed by atoms with Crippen LogP contribution in [-0.2, 0) is 4.74 Å². The minimum absolute atomic E-state index is 0.341. The van der Waals surface area contributed by atoms with E-state index < -0.39 is 0 Å². The Balaban J connectivity index is 2.15. The van der Waals surface area contributed by atoms with Crippen molar-refractivity contribution >= 4 is 17.6 Å². The molecule has 0 aliphatic heterocycles. The van der Waals surface area contributed by atoms with Gasteiger partial charge in [-0.1, -0.05) is 0 Å². The van der Waals surface area contributed by atoms with Crippen molar-refractivity contribution in [2.24, 2.45) is 0 Å². The van der Waals surface area contributed by atoms with Gasteiger partial charge < -0.3 is 10.1 Å². The Kier molecular flexibility index (Phi) is 4.02. The van der Waals surface area contributed by atoms with Crippen molar-refractivity contribution in [2.75, 3.05) is 11.9 Å². The molecule has 0 atom stereocenters. The maximum atomic E-state index is 11.6. The van der Waals surface area contributed by atoms with E-state index >= 15 is 0 Å². The molecule has 0 radical (unpaired) electrons. The Morgan fingerprint density at radius 2 is 2.11 bits per heavy atom. The summed E-state index contributed by atoms with van der Waals surface area (Å²) in [6.45, 7) is 3.96. The summed E-state index contributed by atoms with van der Waals surface area (Å²) in [4.78, 5) is 15.7. The van der Waals surface area contributed by atoms with Gasteiger partial charge in [0.05, 0.1) is 17.9 Å². The van der Waals surface area contributed by atoms with Crippen LogP contribution < -0.4 is 5.32 Å². The number of nitrogens with zero attached hydrogens (tertiary/aromatic N) is 3. The zero-order chi connectivity index (χ0) is 13.7. The lowest BCUT2D eigenvalue weighted by atomic mass is 10.2. The molecule has 6 heteroatoms. The number of rotatable bonds is 4. The van der Waals surface area contributed by atoms with Gasteiger partial charge in [0.1, 0.15) is 5.82 Å². The average molecular weight is 258 g/mol. The van der Waals surface area contributed by atoms with Gasteiger partial charge in [-0.2, -0.15) is 5.10 Å². The van der Waals surface area contributed by atoms with Gasteiger partial charge in [0, 0.05) is 6.20 Å². The number of esters is 1. The first kappa shape index (κ1) is 12.9. The predicted octanol–water partition coefficient (Wildman–Crippen LogP) is 2.10. The predicted molar refractivity (Wildman–Crippen MR) is 70.2 cm³/mol. The molecule has 0 saturated carbocycles. The van der Waals surface area contributed by atoms with Crippen LogP contribution in [0.25, 0.3) is 0 Å². The number of carbonyl (C=O) groups excluding carboxylic acids is 1. The molecule has 1 N–H and O–H groups in total. The van der Waals surface area contributed by atoms with Gasteiger partial charge >= 0.3 is 5.97 Å². The number of hydrogen-bond acceptors (Lipinski definition) is 6. The van der Waals surface area contributed by atoms with Crippen LogP contribution in [0.2, 0.25) is 0 Å². The molecule has 6 nitrogen and oxygen atoms in total. The minimum atomic E-state index is -0.372. The summed E-state index contributed by atoms with van der Waals surface area (Å²) >= 11 is 0. The zero-order valence-corrected chi connectivity index (χ0v) is 10.8. The molecule has 19 heavy (non-hydrogen) atoms. The van der Waals surface area contributed by atoms with E-state index in [1.165, 1.54) is 6.20 Å². The van der Waals surface area contributed by atoms with Gasteiger partial charge in [-0.25, -0.2) is 9.78 Å². The van der Waals surface area contributed by atoms with Crippen molar-refractivity contribution in [2.45, 2.75) is 13.8 Å². The lowest BCUT2D eigenvalue weighted by Gasteiger charge is -2.06. The van der Waals surface area contributed by atoms with Gasteiger partial charge in [-0.15, -0.1) is 5.10 Å². The number of carbonyl (C=O) groups is 1. The molecule has 2 heterocycles. The van der Waals surface area contributed by atoms with Crippen LogP contribution in [-0.4, -0.2) is 27.8 Å². The number of nitrogens with one attached hydrogen (secondary N) is 1. The highest BCUT2D eigenvalue weighted by Gasteiger charge is 2.07. The molecule has 0 bridgehead atoms. The first-order chi connectivity index (χ1) is 9.19. The monoisotopic (exact) mass is 258 g/mol. The third kappa shape index (κ3) is 3.48. The quantitative estimate of drug-likeness (QED) is 0.846.